The van der Waals surface area contributed by atoms with Crippen LogP contribution in [0.2, 0.25) is 0 Å². The van der Waals surface area contributed by atoms with E-state index >= 15 is 0 Å². The van der Waals surface area contributed by atoms with Crippen LogP contribution in [0.4, 0.5) is 9.59 Å². The number of unbranched alkanes of at least 4 members (excludes halogenated alkanes) is 8. The van der Waals surface area contributed by atoms with Crippen LogP contribution in [0.25, 0.3) is 0 Å². The molecule has 0 aliphatic carbocycles. The largest absolute Gasteiger partial charge is 0.445 e. The molecule has 0 fully saturated rings. The van der Waals surface area contributed by atoms with E-state index in [1.165, 1.54) is 6.42 Å². The Bertz CT molecular complexity index is 1010. The van der Waals surface area contributed by atoms with Crippen LogP contribution in [-0.4, -0.2) is 54.4 Å². The van der Waals surface area contributed by atoms with Gasteiger partial charge in [0.15, 0.2) is 5.78 Å². The maximum absolute atomic E-state index is 13.0. The predicted octanol–water partition coefficient (Wildman–Crippen LogP) is 6.93. The van der Waals surface area contributed by atoms with Gasteiger partial charge < -0.3 is 25.4 Å². The van der Waals surface area contributed by atoms with Crippen LogP contribution in [-0.2, 0) is 30.5 Å². The first-order valence-electron chi connectivity index (χ1n) is 16.7. The predicted molar refractivity (Wildman–Crippen MR) is 176 cm³/mol. The lowest BCUT2D eigenvalue weighted by Crippen LogP contribution is -2.41. The number of amides is 3. The van der Waals surface area contributed by atoms with Gasteiger partial charge in [0, 0.05) is 38.8 Å². The molecule has 0 heterocycles. The van der Waals surface area contributed by atoms with Crippen LogP contribution in [0, 0.1) is 0 Å². The van der Waals surface area contributed by atoms with E-state index in [0.29, 0.717) is 19.5 Å². The van der Waals surface area contributed by atoms with Gasteiger partial charge in [-0.2, -0.15) is 0 Å². The third-order valence-electron chi connectivity index (χ3n) is 7.11. The van der Waals surface area contributed by atoms with Crippen molar-refractivity contribution in [2.75, 3.05) is 13.1 Å². The van der Waals surface area contributed by atoms with Gasteiger partial charge in [0.25, 0.3) is 0 Å². The summed E-state index contributed by atoms with van der Waals surface area (Å²) in [5, 5.41) is 8.22. The molecule has 10 nitrogen and oxygen atoms in total. The number of carbonyl (C=O) groups is 5. The SMILES string of the molecule is CCCCCCCNC(=O)CCC(=O)[C@@H](CCC(=O)CCCCCCCNC(=O)OC(C)(C)C)NC(=O)OCc1ccccc1. The van der Waals surface area contributed by atoms with Gasteiger partial charge in [-0.25, -0.2) is 9.59 Å². The number of hydrogen-bond acceptors (Lipinski definition) is 7. The highest BCUT2D eigenvalue weighted by Gasteiger charge is 2.23. The molecule has 0 aliphatic rings. The van der Waals surface area contributed by atoms with E-state index in [1.54, 1.807) is 0 Å². The maximum atomic E-state index is 13.0. The molecule has 10 heteroatoms. The van der Waals surface area contributed by atoms with E-state index in [4.69, 9.17) is 9.47 Å². The monoisotopic (exact) mass is 631 g/mol. The zero-order chi connectivity index (χ0) is 33.3. The van der Waals surface area contributed by atoms with E-state index in [9.17, 15) is 24.0 Å². The van der Waals surface area contributed by atoms with Crippen LogP contribution in [0.1, 0.15) is 130 Å². The molecule has 0 saturated carbocycles. The Morgan fingerprint density at radius 3 is 2.00 bits per heavy atom. The Hall–Kier alpha value is -3.43. The fourth-order valence-corrected chi connectivity index (χ4v) is 4.59. The van der Waals surface area contributed by atoms with E-state index in [1.807, 2.05) is 51.1 Å². The summed E-state index contributed by atoms with van der Waals surface area (Å²) in [6.45, 7) is 8.81. The van der Waals surface area contributed by atoms with Gasteiger partial charge in [-0.3, -0.25) is 14.4 Å². The normalized spacial score (nSPS) is 11.7. The summed E-state index contributed by atoms with van der Waals surface area (Å²) in [4.78, 5) is 62.0. The highest BCUT2D eigenvalue weighted by Crippen LogP contribution is 2.12. The van der Waals surface area contributed by atoms with E-state index in [-0.39, 0.29) is 49.8 Å². The topological polar surface area (TPSA) is 140 Å². The molecule has 1 aromatic carbocycles. The van der Waals surface area contributed by atoms with Crippen molar-refractivity contribution in [3.05, 3.63) is 35.9 Å². The van der Waals surface area contributed by atoms with Crippen molar-refractivity contribution in [3.63, 3.8) is 0 Å². The molecule has 0 aromatic heterocycles. The average Bonchev–Trinajstić information content (AvgIpc) is 2.99. The number of ether oxygens (including phenoxy) is 2. The fourth-order valence-electron chi connectivity index (χ4n) is 4.59. The molecule has 0 radical (unpaired) electrons. The average molecular weight is 632 g/mol. The van der Waals surface area contributed by atoms with Crippen molar-refractivity contribution in [2.24, 2.45) is 0 Å². The summed E-state index contributed by atoms with van der Waals surface area (Å²) in [5.41, 5.74) is 0.297. The molecule has 3 amide bonds. The summed E-state index contributed by atoms with van der Waals surface area (Å²) in [5.74, 6) is -0.460. The third kappa shape index (κ3) is 22.7. The summed E-state index contributed by atoms with van der Waals surface area (Å²) in [6.07, 6.45) is 9.36. The Morgan fingerprint density at radius 2 is 1.33 bits per heavy atom. The molecule has 0 saturated heterocycles. The zero-order valence-electron chi connectivity index (χ0n) is 28.0. The minimum atomic E-state index is -0.906. The lowest BCUT2D eigenvalue weighted by atomic mass is 9.99. The fraction of sp³-hybridized carbons (Fsp3) is 0.686. The van der Waals surface area contributed by atoms with Crippen molar-refractivity contribution >= 4 is 29.7 Å². The van der Waals surface area contributed by atoms with E-state index < -0.39 is 23.8 Å². The van der Waals surface area contributed by atoms with Gasteiger partial charge in [-0.05, 0) is 52.0 Å². The van der Waals surface area contributed by atoms with Crippen LogP contribution in [0.15, 0.2) is 30.3 Å². The minimum Gasteiger partial charge on any atom is -0.445 e. The molecular weight excluding hydrogens is 574 g/mol. The van der Waals surface area contributed by atoms with Crippen LogP contribution < -0.4 is 16.0 Å². The molecule has 0 unspecified atom stereocenters. The molecule has 1 aromatic rings. The number of nitrogens with one attached hydrogen (secondary N) is 3. The summed E-state index contributed by atoms with van der Waals surface area (Å²) in [7, 11) is 0. The molecule has 254 valence electrons. The van der Waals surface area contributed by atoms with Crippen LogP contribution in [0.5, 0.6) is 0 Å². The minimum absolute atomic E-state index is 0.0255. The molecule has 0 aliphatic heterocycles. The molecule has 3 N–H and O–H groups in total. The van der Waals surface area contributed by atoms with Crippen molar-refractivity contribution < 1.29 is 33.4 Å². The summed E-state index contributed by atoms with van der Waals surface area (Å²) in [6, 6.07) is 8.31. The number of benzene rings is 1. The highest BCUT2D eigenvalue weighted by atomic mass is 16.6. The van der Waals surface area contributed by atoms with Crippen molar-refractivity contribution in [1.82, 2.24) is 16.0 Å². The highest BCUT2D eigenvalue weighted by molar-refractivity contribution is 5.91. The van der Waals surface area contributed by atoms with E-state index in [2.05, 4.69) is 22.9 Å². The van der Waals surface area contributed by atoms with Gasteiger partial charge in [0.2, 0.25) is 5.91 Å². The molecule has 1 atom stereocenters. The number of Topliss-reactive ketones (excluding diaryl/α,β-unsaturated/α-hetero) is 2. The molecular formula is C35H57N3O7. The third-order valence-corrected chi connectivity index (χ3v) is 7.11. The number of carbonyl (C=O) groups excluding carboxylic acids is 5. The molecule has 0 spiro atoms. The lowest BCUT2D eigenvalue weighted by molar-refractivity contribution is -0.126. The number of alkyl carbamates (subject to hydrolysis) is 2. The second kappa shape index (κ2) is 23.9. The van der Waals surface area contributed by atoms with Gasteiger partial charge >= 0.3 is 12.2 Å². The van der Waals surface area contributed by atoms with Crippen molar-refractivity contribution in [1.29, 1.82) is 0 Å². The Kier molecular flexibility index (Phi) is 21.0. The smallest absolute Gasteiger partial charge is 0.408 e. The standard InChI is InChI=1S/C35H57N3O7/c1-5-6-7-10-16-25-36-32(41)24-23-31(40)30(38-34(43)44-27-28-18-13-12-14-19-28)22-21-29(39)20-15-9-8-11-17-26-37-33(42)45-35(2,3)4/h12-14,18-19,30H,5-11,15-17,20-27H2,1-4H3,(H,36,41)(H,37,42)(H,38,43)/t30-/m1/s1. The second-order valence-electron chi connectivity index (χ2n) is 12.5. The number of hydrogen-bond donors (Lipinski definition) is 3. The van der Waals surface area contributed by atoms with Gasteiger partial charge in [0.1, 0.15) is 18.0 Å². The van der Waals surface area contributed by atoms with Crippen LogP contribution >= 0.6 is 0 Å². The Labute approximate surface area is 270 Å². The van der Waals surface area contributed by atoms with Gasteiger partial charge in [-0.1, -0.05) is 82.2 Å². The first-order valence-corrected chi connectivity index (χ1v) is 16.7. The molecule has 1 rings (SSSR count). The zero-order valence-corrected chi connectivity index (χ0v) is 28.0. The van der Waals surface area contributed by atoms with Crippen LogP contribution in [0.3, 0.4) is 0 Å². The van der Waals surface area contributed by atoms with Crippen molar-refractivity contribution in [3.8, 4) is 0 Å². The quantitative estimate of drug-likeness (QED) is 0.105. The number of ketones is 2. The Balaban J connectivity index is 2.42. The van der Waals surface area contributed by atoms with Crippen molar-refractivity contribution in [2.45, 2.75) is 142 Å². The second-order valence-corrected chi connectivity index (χ2v) is 12.5. The lowest BCUT2D eigenvalue weighted by Gasteiger charge is -2.19. The number of rotatable bonds is 24. The maximum Gasteiger partial charge on any atom is 0.408 e. The summed E-state index contributed by atoms with van der Waals surface area (Å²) >= 11 is 0. The molecule has 45 heavy (non-hydrogen) atoms. The van der Waals surface area contributed by atoms with E-state index in [0.717, 1.165) is 63.4 Å². The van der Waals surface area contributed by atoms with Gasteiger partial charge in [-0.15, -0.1) is 0 Å². The summed E-state index contributed by atoms with van der Waals surface area (Å²) < 4.78 is 10.5. The Morgan fingerprint density at radius 1 is 0.711 bits per heavy atom. The molecule has 0 bridgehead atoms. The van der Waals surface area contributed by atoms with Gasteiger partial charge in [0.05, 0.1) is 6.04 Å². The first kappa shape index (κ1) is 39.6. The first-order chi connectivity index (χ1) is 21.5.